The average molecular weight is 264 g/mol. The van der Waals surface area contributed by atoms with Gasteiger partial charge in [-0.05, 0) is 30.2 Å². The summed E-state index contributed by atoms with van der Waals surface area (Å²) in [6.45, 7) is 1.24. The molecule has 0 bridgehead atoms. The van der Waals surface area contributed by atoms with Gasteiger partial charge in [0, 0.05) is 26.3 Å². The molecule has 5 nitrogen and oxygen atoms in total. The van der Waals surface area contributed by atoms with E-state index in [4.69, 9.17) is 15.2 Å². The number of nitrogen functional groups attached to an aromatic ring is 1. The van der Waals surface area contributed by atoms with Gasteiger partial charge in [-0.3, -0.25) is 4.79 Å². The number of benzene rings is 1. The lowest BCUT2D eigenvalue weighted by Crippen LogP contribution is -2.22. The number of carbonyl (C=O) groups excluding carboxylic acids is 1. The molecule has 0 saturated heterocycles. The van der Waals surface area contributed by atoms with Gasteiger partial charge in [0.05, 0.1) is 12.8 Å². The van der Waals surface area contributed by atoms with Crippen LogP contribution in [-0.2, 0) is 9.53 Å². The fourth-order valence-corrected chi connectivity index (χ4v) is 1.52. The number of hydrogen-bond acceptors (Lipinski definition) is 4. The number of ether oxygens (including phenoxy) is 2. The second-order valence-electron chi connectivity index (χ2n) is 3.97. The Kier molecular flexibility index (Phi) is 6.46. The Morgan fingerprint density at radius 1 is 1.42 bits per heavy atom. The summed E-state index contributed by atoms with van der Waals surface area (Å²) in [4.78, 5) is 11.5. The SMILES string of the molecule is COCCCNC(=O)/C=C/c1ccc(OC)c(N)c1. The first-order valence-electron chi connectivity index (χ1n) is 6.05. The Morgan fingerprint density at radius 3 is 2.84 bits per heavy atom. The van der Waals surface area contributed by atoms with Crippen LogP contribution in [0.5, 0.6) is 5.75 Å². The fourth-order valence-electron chi connectivity index (χ4n) is 1.52. The lowest BCUT2D eigenvalue weighted by molar-refractivity contribution is -0.116. The van der Waals surface area contributed by atoms with Crippen molar-refractivity contribution in [3.63, 3.8) is 0 Å². The van der Waals surface area contributed by atoms with Crippen molar-refractivity contribution >= 4 is 17.7 Å². The third kappa shape index (κ3) is 5.44. The zero-order valence-electron chi connectivity index (χ0n) is 11.3. The Hall–Kier alpha value is -2.01. The minimum absolute atomic E-state index is 0.134. The first-order chi connectivity index (χ1) is 9.17. The zero-order valence-corrected chi connectivity index (χ0v) is 11.3. The molecule has 0 heterocycles. The van der Waals surface area contributed by atoms with Gasteiger partial charge in [-0.25, -0.2) is 0 Å². The average Bonchev–Trinajstić information content (AvgIpc) is 2.41. The van der Waals surface area contributed by atoms with E-state index in [1.165, 1.54) is 6.08 Å². The molecule has 0 spiro atoms. The number of hydrogen-bond donors (Lipinski definition) is 2. The first-order valence-corrected chi connectivity index (χ1v) is 6.05. The van der Waals surface area contributed by atoms with E-state index in [0.717, 1.165) is 12.0 Å². The smallest absolute Gasteiger partial charge is 0.244 e. The number of nitrogens with one attached hydrogen (secondary N) is 1. The largest absolute Gasteiger partial charge is 0.495 e. The number of nitrogens with two attached hydrogens (primary N) is 1. The maximum absolute atomic E-state index is 11.5. The topological polar surface area (TPSA) is 73.6 Å². The van der Waals surface area contributed by atoms with E-state index in [1.54, 1.807) is 32.4 Å². The Labute approximate surface area is 113 Å². The van der Waals surface area contributed by atoms with Crippen LogP contribution in [0.3, 0.4) is 0 Å². The van der Waals surface area contributed by atoms with E-state index in [1.807, 2.05) is 6.07 Å². The highest BCUT2D eigenvalue weighted by Crippen LogP contribution is 2.22. The van der Waals surface area contributed by atoms with Crippen molar-refractivity contribution < 1.29 is 14.3 Å². The van der Waals surface area contributed by atoms with Crippen LogP contribution in [0.25, 0.3) is 6.08 Å². The standard InChI is InChI=1S/C14H20N2O3/c1-18-9-3-8-16-14(17)7-5-11-4-6-13(19-2)12(15)10-11/h4-7,10H,3,8-9,15H2,1-2H3,(H,16,17)/b7-5+. The first kappa shape index (κ1) is 15.0. The van der Waals surface area contributed by atoms with Crippen molar-refractivity contribution in [1.82, 2.24) is 5.32 Å². The van der Waals surface area contributed by atoms with Gasteiger partial charge in [0.1, 0.15) is 5.75 Å². The van der Waals surface area contributed by atoms with E-state index in [-0.39, 0.29) is 5.91 Å². The second-order valence-corrected chi connectivity index (χ2v) is 3.97. The minimum Gasteiger partial charge on any atom is -0.495 e. The van der Waals surface area contributed by atoms with Crippen LogP contribution in [0.4, 0.5) is 5.69 Å². The van der Waals surface area contributed by atoms with Gasteiger partial charge < -0.3 is 20.5 Å². The number of anilines is 1. The highest BCUT2D eigenvalue weighted by molar-refractivity contribution is 5.91. The van der Waals surface area contributed by atoms with Gasteiger partial charge in [0.2, 0.25) is 5.91 Å². The molecule has 0 atom stereocenters. The molecule has 3 N–H and O–H groups in total. The van der Waals surface area contributed by atoms with Crippen molar-refractivity contribution in [1.29, 1.82) is 0 Å². The summed E-state index contributed by atoms with van der Waals surface area (Å²) in [5, 5.41) is 2.76. The van der Waals surface area contributed by atoms with Gasteiger partial charge in [-0.15, -0.1) is 0 Å². The van der Waals surface area contributed by atoms with Crippen molar-refractivity contribution in [2.75, 3.05) is 33.1 Å². The molecule has 5 heteroatoms. The van der Waals surface area contributed by atoms with Crippen LogP contribution in [-0.4, -0.2) is 33.3 Å². The summed E-state index contributed by atoms with van der Waals surface area (Å²) in [5.74, 6) is 0.492. The van der Waals surface area contributed by atoms with Crippen LogP contribution < -0.4 is 15.8 Å². The lowest BCUT2D eigenvalue weighted by Gasteiger charge is -2.04. The van der Waals surface area contributed by atoms with Gasteiger partial charge in [0.15, 0.2) is 0 Å². The van der Waals surface area contributed by atoms with E-state index in [0.29, 0.717) is 24.6 Å². The molecule has 19 heavy (non-hydrogen) atoms. The molecule has 1 rings (SSSR count). The predicted octanol–water partition coefficient (Wildman–Crippen LogP) is 1.44. The maximum Gasteiger partial charge on any atom is 0.244 e. The summed E-state index contributed by atoms with van der Waals surface area (Å²) >= 11 is 0. The van der Waals surface area contributed by atoms with Crippen LogP contribution in [0.2, 0.25) is 0 Å². The molecule has 0 unspecified atom stereocenters. The molecule has 0 aromatic heterocycles. The van der Waals surface area contributed by atoms with Crippen LogP contribution >= 0.6 is 0 Å². The third-order valence-corrected chi connectivity index (χ3v) is 2.51. The van der Waals surface area contributed by atoms with Crippen molar-refractivity contribution in [3.8, 4) is 5.75 Å². The molecule has 0 aliphatic heterocycles. The molecule has 1 aromatic rings. The zero-order chi connectivity index (χ0) is 14.1. The van der Waals surface area contributed by atoms with Crippen molar-refractivity contribution in [2.45, 2.75) is 6.42 Å². The van der Waals surface area contributed by atoms with Gasteiger partial charge in [-0.1, -0.05) is 6.07 Å². The maximum atomic E-state index is 11.5. The third-order valence-electron chi connectivity index (χ3n) is 2.51. The quantitative estimate of drug-likeness (QED) is 0.444. The second kappa shape index (κ2) is 8.16. The van der Waals surface area contributed by atoms with Crippen molar-refractivity contribution in [3.05, 3.63) is 29.8 Å². The molecule has 0 aliphatic carbocycles. The van der Waals surface area contributed by atoms with Crippen molar-refractivity contribution in [2.24, 2.45) is 0 Å². The lowest BCUT2D eigenvalue weighted by atomic mass is 10.1. The molecule has 0 saturated carbocycles. The molecule has 0 radical (unpaired) electrons. The molecule has 104 valence electrons. The Balaban J connectivity index is 2.47. The van der Waals surface area contributed by atoms with Crippen LogP contribution in [0.1, 0.15) is 12.0 Å². The molecule has 0 fully saturated rings. The minimum atomic E-state index is -0.134. The highest BCUT2D eigenvalue weighted by atomic mass is 16.5. The van der Waals surface area contributed by atoms with Crippen LogP contribution in [0, 0.1) is 0 Å². The predicted molar refractivity (Wildman–Crippen MR) is 75.9 cm³/mol. The van der Waals surface area contributed by atoms with Gasteiger partial charge in [0.25, 0.3) is 0 Å². The number of amides is 1. The highest BCUT2D eigenvalue weighted by Gasteiger charge is 1.99. The van der Waals surface area contributed by atoms with Crippen LogP contribution in [0.15, 0.2) is 24.3 Å². The normalized spacial score (nSPS) is 10.6. The van der Waals surface area contributed by atoms with E-state index in [9.17, 15) is 4.79 Å². The summed E-state index contributed by atoms with van der Waals surface area (Å²) in [6, 6.07) is 5.36. The number of carbonyl (C=O) groups is 1. The van der Waals surface area contributed by atoms with Gasteiger partial charge >= 0.3 is 0 Å². The van der Waals surface area contributed by atoms with E-state index in [2.05, 4.69) is 5.32 Å². The number of methoxy groups -OCH3 is 2. The number of rotatable bonds is 7. The molecular formula is C14H20N2O3. The molecule has 1 aromatic carbocycles. The molecule has 0 aliphatic rings. The van der Waals surface area contributed by atoms with Gasteiger partial charge in [-0.2, -0.15) is 0 Å². The monoisotopic (exact) mass is 264 g/mol. The van der Waals surface area contributed by atoms with E-state index >= 15 is 0 Å². The summed E-state index contributed by atoms with van der Waals surface area (Å²) in [7, 11) is 3.20. The summed E-state index contributed by atoms with van der Waals surface area (Å²) < 4.78 is 9.95. The van der Waals surface area contributed by atoms with E-state index < -0.39 is 0 Å². The Bertz CT molecular complexity index is 444. The summed E-state index contributed by atoms with van der Waals surface area (Å²) in [6.07, 6.45) is 3.99. The Morgan fingerprint density at radius 2 is 2.21 bits per heavy atom. The molecular weight excluding hydrogens is 244 g/mol. The fraction of sp³-hybridized carbons (Fsp3) is 0.357. The summed E-state index contributed by atoms with van der Waals surface area (Å²) in [5.41, 5.74) is 7.18. The molecule has 1 amide bonds.